The van der Waals surface area contributed by atoms with Crippen molar-refractivity contribution in [3.05, 3.63) is 52.9 Å². The van der Waals surface area contributed by atoms with Crippen molar-refractivity contribution in [2.45, 2.75) is 19.4 Å². The highest BCUT2D eigenvalue weighted by molar-refractivity contribution is 5.24. The maximum absolute atomic E-state index is 13.6. The van der Waals surface area contributed by atoms with Gasteiger partial charge in [-0.15, -0.1) is 0 Å². The monoisotopic (exact) mass is 251 g/mol. The van der Waals surface area contributed by atoms with Crippen molar-refractivity contribution >= 4 is 0 Å². The quantitative estimate of drug-likeness (QED) is 0.909. The molecule has 3 nitrogen and oxygen atoms in total. The molecule has 1 atom stereocenters. The molecule has 5 heteroatoms. The fourth-order valence-corrected chi connectivity index (χ4v) is 1.99. The topological polar surface area (TPSA) is 43.8 Å². The van der Waals surface area contributed by atoms with Crippen molar-refractivity contribution in [1.29, 1.82) is 0 Å². The van der Waals surface area contributed by atoms with E-state index in [1.54, 1.807) is 4.68 Å². The van der Waals surface area contributed by atoms with Gasteiger partial charge < -0.3 is 5.73 Å². The van der Waals surface area contributed by atoms with E-state index < -0.39 is 17.7 Å². The lowest BCUT2D eigenvalue weighted by molar-refractivity contribution is 0.548. The average molecular weight is 251 g/mol. The van der Waals surface area contributed by atoms with Crippen molar-refractivity contribution in [3.8, 4) is 0 Å². The number of aryl methyl sites for hydroxylation is 2. The van der Waals surface area contributed by atoms with Crippen LogP contribution in [0.25, 0.3) is 0 Å². The van der Waals surface area contributed by atoms with Crippen molar-refractivity contribution in [3.63, 3.8) is 0 Å². The molecule has 0 bridgehead atoms. The molecule has 0 aliphatic rings. The Bertz CT molecular complexity index is 563. The second kappa shape index (κ2) is 4.86. The minimum absolute atomic E-state index is 0.315. The molecule has 0 spiro atoms. The van der Waals surface area contributed by atoms with Gasteiger partial charge in [0.1, 0.15) is 11.6 Å². The van der Waals surface area contributed by atoms with Crippen LogP contribution >= 0.6 is 0 Å². The molecular formula is C13H15F2N3. The fraction of sp³-hybridized carbons (Fsp3) is 0.308. The van der Waals surface area contributed by atoms with Crippen LogP contribution in [0.5, 0.6) is 0 Å². The SMILES string of the molecule is Cc1cc(CC(N)c2ccc(F)cc2F)n(C)n1. The van der Waals surface area contributed by atoms with Crippen LogP contribution in [-0.2, 0) is 13.5 Å². The number of nitrogens with zero attached hydrogens (tertiary/aromatic N) is 2. The molecule has 18 heavy (non-hydrogen) atoms. The van der Waals surface area contributed by atoms with E-state index in [2.05, 4.69) is 5.10 Å². The number of rotatable bonds is 3. The zero-order valence-corrected chi connectivity index (χ0v) is 10.3. The second-order valence-electron chi connectivity index (χ2n) is 4.38. The van der Waals surface area contributed by atoms with Gasteiger partial charge in [0.25, 0.3) is 0 Å². The Balaban J connectivity index is 2.21. The molecule has 1 aromatic heterocycles. The zero-order valence-electron chi connectivity index (χ0n) is 10.3. The third-order valence-corrected chi connectivity index (χ3v) is 2.89. The predicted molar refractivity (Wildman–Crippen MR) is 64.9 cm³/mol. The van der Waals surface area contributed by atoms with Gasteiger partial charge in [-0.1, -0.05) is 6.07 Å². The molecule has 96 valence electrons. The van der Waals surface area contributed by atoms with Gasteiger partial charge in [-0.3, -0.25) is 4.68 Å². The molecule has 2 rings (SSSR count). The molecule has 2 N–H and O–H groups in total. The summed E-state index contributed by atoms with van der Waals surface area (Å²) in [6.07, 6.45) is 0.458. The highest BCUT2D eigenvalue weighted by Crippen LogP contribution is 2.20. The molecule has 1 unspecified atom stereocenters. The van der Waals surface area contributed by atoms with Gasteiger partial charge in [0.2, 0.25) is 0 Å². The lowest BCUT2D eigenvalue weighted by Crippen LogP contribution is -2.17. The number of aromatic nitrogens is 2. The average Bonchev–Trinajstić information content (AvgIpc) is 2.57. The van der Waals surface area contributed by atoms with Crippen molar-refractivity contribution < 1.29 is 8.78 Å². The number of benzene rings is 1. The third kappa shape index (κ3) is 2.56. The van der Waals surface area contributed by atoms with Crippen LogP contribution in [-0.4, -0.2) is 9.78 Å². The number of nitrogens with two attached hydrogens (primary N) is 1. The maximum Gasteiger partial charge on any atom is 0.130 e. The summed E-state index contributed by atoms with van der Waals surface area (Å²) in [6, 6.07) is 4.84. The van der Waals surface area contributed by atoms with Crippen LogP contribution in [0, 0.1) is 18.6 Å². The maximum atomic E-state index is 13.6. The van der Waals surface area contributed by atoms with Crippen LogP contribution in [0.4, 0.5) is 8.78 Å². The van der Waals surface area contributed by atoms with Gasteiger partial charge in [-0.2, -0.15) is 5.10 Å². The van der Waals surface area contributed by atoms with Gasteiger partial charge in [0.15, 0.2) is 0 Å². The molecule has 1 heterocycles. The van der Waals surface area contributed by atoms with E-state index in [0.717, 1.165) is 17.5 Å². The van der Waals surface area contributed by atoms with Gasteiger partial charge >= 0.3 is 0 Å². The first-order valence-electron chi connectivity index (χ1n) is 5.67. The number of hydrogen-bond acceptors (Lipinski definition) is 2. The molecule has 0 aliphatic heterocycles. The van der Waals surface area contributed by atoms with E-state index in [9.17, 15) is 8.78 Å². The van der Waals surface area contributed by atoms with Gasteiger partial charge in [-0.25, -0.2) is 8.78 Å². The molecule has 0 saturated heterocycles. The minimum Gasteiger partial charge on any atom is -0.324 e. The Hall–Kier alpha value is -1.75. The Morgan fingerprint density at radius 3 is 2.61 bits per heavy atom. The number of hydrogen-bond donors (Lipinski definition) is 1. The standard InChI is InChI=1S/C13H15F2N3/c1-8-5-10(18(2)17-8)7-13(16)11-4-3-9(14)6-12(11)15/h3-6,13H,7,16H2,1-2H3. The first-order chi connectivity index (χ1) is 8.47. The molecule has 0 amide bonds. The van der Waals surface area contributed by atoms with E-state index in [-0.39, 0.29) is 0 Å². The fourth-order valence-electron chi connectivity index (χ4n) is 1.99. The largest absolute Gasteiger partial charge is 0.324 e. The van der Waals surface area contributed by atoms with Crippen LogP contribution in [0.15, 0.2) is 24.3 Å². The molecule has 0 radical (unpaired) electrons. The summed E-state index contributed by atoms with van der Waals surface area (Å²) in [4.78, 5) is 0. The van der Waals surface area contributed by atoms with Gasteiger partial charge in [0.05, 0.1) is 5.69 Å². The van der Waals surface area contributed by atoms with Crippen LogP contribution in [0.2, 0.25) is 0 Å². The smallest absolute Gasteiger partial charge is 0.130 e. The minimum atomic E-state index is -0.610. The Morgan fingerprint density at radius 2 is 2.06 bits per heavy atom. The van der Waals surface area contributed by atoms with E-state index in [1.165, 1.54) is 12.1 Å². The van der Waals surface area contributed by atoms with E-state index in [0.29, 0.717) is 12.0 Å². The summed E-state index contributed by atoms with van der Waals surface area (Å²) in [5, 5.41) is 4.20. The van der Waals surface area contributed by atoms with Crippen LogP contribution < -0.4 is 5.73 Å². The van der Waals surface area contributed by atoms with E-state index in [4.69, 9.17) is 5.73 Å². The summed E-state index contributed by atoms with van der Waals surface area (Å²) in [6.45, 7) is 1.88. The molecule has 0 fully saturated rings. The van der Waals surface area contributed by atoms with Crippen molar-refractivity contribution in [2.75, 3.05) is 0 Å². The van der Waals surface area contributed by atoms with Crippen molar-refractivity contribution in [1.82, 2.24) is 9.78 Å². The molecule has 2 aromatic rings. The van der Waals surface area contributed by atoms with Crippen LogP contribution in [0.3, 0.4) is 0 Å². The molecule has 0 aliphatic carbocycles. The van der Waals surface area contributed by atoms with Gasteiger partial charge in [-0.05, 0) is 19.1 Å². The zero-order chi connectivity index (χ0) is 13.3. The normalized spacial score (nSPS) is 12.7. The van der Waals surface area contributed by atoms with Crippen molar-refractivity contribution in [2.24, 2.45) is 12.8 Å². The highest BCUT2D eigenvalue weighted by atomic mass is 19.1. The lowest BCUT2D eigenvalue weighted by Gasteiger charge is -2.13. The van der Waals surface area contributed by atoms with Crippen LogP contribution in [0.1, 0.15) is 23.0 Å². The summed E-state index contributed by atoms with van der Waals surface area (Å²) in [7, 11) is 1.82. The van der Waals surface area contributed by atoms with E-state index in [1.807, 2.05) is 20.0 Å². The Kier molecular flexibility index (Phi) is 3.43. The predicted octanol–water partition coefficient (Wildman–Crippen LogP) is 2.25. The number of halogens is 2. The molecular weight excluding hydrogens is 236 g/mol. The summed E-state index contributed by atoms with van der Waals surface area (Å²) in [5.74, 6) is -1.21. The Labute approximate surface area is 104 Å². The summed E-state index contributed by atoms with van der Waals surface area (Å²) in [5.41, 5.74) is 8.08. The lowest BCUT2D eigenvalue weighted by atomic mass is 10.0. The Morgan fingerprint density at radius 1 is 1.33 bits per heavy atom. The first kappa shape index (κ1) is 12.7. The second-order valence-corrected chi connectivity index (χ2v) is 4.38. The molecule has 1 aromatic carbocycles. The summed E-state index contributed by atoms with van der Waals surface area (Å²) >= 11 is 0. The summed E-state index contributed by atoms with van der Waals surface area (Å²) < 4.78 is 28.1. The van der Waals surface area contributed by atoms with Gasteiger partial charge in [0, 0.05) is 36.8 Å². The first-order valence-corrected chi connectivity index (χ1v) is 5.67. The third-order valence-electron chi connectivity index (χ3n) is 2.89. The molecule has 0 saturated carbocycles. The van der Waals surface area contributed by atoms with E-state index >= 15 is 0 Å². The highest BCUT2D eigenvalue weighted by Gasteiger charge is 2.15.